The second-order valence-electron chi connectivity index (χ2n) is 13.6. The molecule has 1 aliphatic heterocycles. The second kappa shape index (κ2) is 14.1. The van der Waals surface area contributed by atoms with Crippen LogP contribution in [0.1, 0.15) is 72.6 Å². The van der Waals surface area contributed by atoms with Crippen LogP contribution in [0.15, 0.2) is 72.8 Å². The minimum absolute atomic E-state index is 0.142. The Morgan fingerprint density at radius 2 is 1.53 bits per heavy atom. The molecule has 43 heavy (non-hydrogen) atoms. The van der Waals surface area contributed by atoms with Crippen molar-refractivity contribution in [1.29, 1.82) is 0 Å². The molecule has 1 heterocycles. The van der Waals surface area contributed by atoms with Crippen molar-refractivity contribution in [2.24, 2.45) is 17.3 Å². The topological polar surface area (TPSA) is 74.2 Å². The SMILES string of the molecule is C=C(CCC(OC)OC)[C@H]1CC(C)(C)[C@@H]1CCC(C)(O)C(CCC1(C)OCCO1)P(=O)(c1ccccc1)c1ccccc1. The third-order valence-electron chi connectivity index (χ3n) is 10.2. The monoisotopic (exact) mass is 612 g/mol. The van der Waals surface area contributed by atoms with Gasteiger partial charge in [-0.15, -0.1) is 0 Å². The number of hydrogen-bond acceptors (Lipinski definition) is 6. The Bertz CT molecular complexity index is 1170. The molecule has 6 nitrogen and oxygen atoms in total. The number of methoxy groups -OCH3 is 2. The minimum atomic E-state index is -3.29. The Morgan fingerprint density at radius 3 is 2.02 bits per heavy atom. The molecule has 238 valence electrons. The molecular formula is C36H53O6P. The van der Waals surface area contributed by atoms with Gasteiger partial charge in [-0.2, -0.15) is 0 Å². The molecule has 7 heteroatoms. The highest BCUT2D eigenvalue weighted by atomic mass is 31.2. The first-order chi connectivity index (χ1) is 20.4. The van der Waals surface area contributed by atoms with Crippen molar-refractivity contribution < 1.29 is 28.6 Å². The summed E-state index contributed by atoms with van der Waals surface area (Å²) in [7, 11) is 0.0379. The van der Waals surface area contributed by atoms with Crippen LogP contribution < -0.4 is 10.6 Å². The quantitative estimate of drug-likeness (QED) is 0.124. The standard InChI is InChI=1S/C36H53O6P/c1-27(18-19-33(39-6)40-7)30-26-34(2,3)31(30)20-22-35(4,37)32(21-23-36(5)41-24-25-42-36)43(38,28-14-10-8-11-15-28)29-16-12-9-13-17-29/h8-17,30-33,37H,1,18-26H2,2-7H3/t30-,31-,32?,35?/m1/s1. The van der Waals surface area contributed by atoms with Crippen LogP contribution >= 0.6 is 7.14 Å². The lowest BCUT2D eigenvalue weighted by molar-refractivity contribution is -0.149. The van der Waals surface area contributed by atoms with Crippen LogP contribution in [-0.2, 0) is 23.5 Å². The van der Waals surface area contributed by atoms with Gasteiger partial charge in [0.05, 0.1) is 18.8 Å². The lowest BCUT2D eigenvalue weighted by Gasteiger charge is -2.54. The van der Waals surface area contributed by atoms with E-state index >= 15 is 4.57 Å². The lowest BCUT2D eigenvalue weighted by Crippen LogP contribution is -2.48. The molecule has 2 aromatic carbocycles. The van der Waals surface area contributed by atoms with Gasteiger partial charge in [0.25, 0.3) is 0 Å². The van der Waals surface area contributed by atoms with E-state index in [1.165, 1.54) is 5.57 Å². The molecule has 1 saturated carbocycles. The molecule has 4 atom stereocenters. The van der Waals surface area contributed by atoms with Crippen LogP contribution in [0, 0.1) is 17.3 Å². The van der Waals surface area contributed by atoms with E-state index in [1.807, 2.05) is 74.5 Å². The summed E-state index contributed by atoms with van der Waals surface area (Å²) in [6.45, 7) is 14.0. The molecule has 1 aliphatic carbocycles. The average Bonchev–Trinajstić information content (AvgIpc) is 3.43. The van der Waals surface area contributed by atoms with Crippen molar-refractivity contribution >= 4 is 17.8 Å². The van der Waals surface area contributed by atoms with Gasteiger partial charge >= 0.3 is 0 Å². The van der Waals surface area contributed by atoms with E-state index in [0.717, 1.165) is 36.3 Å². The van der Waals surface area contributed by atoms with Crippen molar-refractivity contribution in [2.45, 2.75) is 96.0 Å². The van der Waals surface area contributed by atoms with Crippen molar-refractivity contribution in [3.05, 3.63) is 72.8 Å². The van der Waals surface area contributed by atoms with E-state index in [9.17, 15) is 5.11 Å². The first kappa shape index (κ1) is 34.1. The maximum atomic E-state index is 15.6. The Hall–Kier alpha value is -1.79. The molecule has 0 amide bonds. The summed E-state index contributed by atoms with van der Waals surface area (Å²) < 4.78 is 38.3. The maximum absolute atomic E-state index is 15.6. The van der Waals surface area contributed by atoms with Gasteiger partial charge in [0.15, 0.2) is 12.1 Å². The Labute approximate surface area is 259 Å². The second-order valence-corrected chi connectivity index (χ2v) is 16.6. The van der Waals surface area contributed by atoms with Crippen molar-refractivity contribution in [2.75, 3.05) is 27.4 Å². The van der Waals surface area contributed by atoms with E-state index in [4.69, 9.17) is 18.9 Å². The molecule has 2 unspecified atom stereocenters. The predicted molar refractivity (Wildman–Crippen MR) is 175 cm³/mol. The van der Waals surface area contributed by atoms with E-state index < -0.39 is 24.2 Å². The average molecular weight is 613 g/mol. The third kappa shape index (κ3) is 7.72. The van der Waals surface area contributed by atoms with Gasteiger partial charge < -0.3 is 28.6 Å². The fourth-order valence-electron chi connectivity index (χ4n) is 7.49. The number of ether oxygens (including phenoxy) is 4. The zero-order chi connectivity index (χ0) is 31.3. The summed E-state index contributed by atoms with van der Waals surface area (Å²) >= 11 is 0. The van der Waals surface area contributed by atoms with E-state index in [0.29, 0.717) is 44.3 Å². The molecule has 2 fully saturated rings. The van der Waals surface area contributed by atoms with Gasteiger partial charge in [-0.25, -0.2) is 0 Å². The van der Waals surface area contributed by atoms with Crippen LogP contribution in [0.25, 0.3) is 0 Å². The molecule has 2 aliphatic rings. The maximum Gasteiger partial charge on any atom is 0.165 e. The molecule has 0 bridgehead atoms. The fourth-order valence-corrected chi connectivity index (χ4v) is 11.1. The van der Waals surface area contributed by atoms with Crippen molar-refractivity contribution in [1.82, 2.24) is 0 Å². The lowest BCUT2D eigenvalue weighted by atomic mass is 9.52. The van der Waals surface area contributed by atoms with Crippen LogP contribution in [-0.4, -0.2) is 55.9 Å². The summed E-state index contributed by atoms with van der Waals surface area (Å²) in [6, 6.07) is 19.4. The number of hydrogen-bond donors (Lipinski definition) is 1. The number of allylic oxidation sites excluding steroid dienone is 1. The molecule has 2 aromatic rings. The molecule has 4 rings (SSSR count). The van der Waals surface area contributed by atoms with Gasteiger partial charge in [0, 0.05) is 43.3 Å². The first-order valence-electron chi connectivity index (χ1n) is 15.8. The van der Waals surface area contributed by atoms with E-state index in [-0.39, 0.29) is 11.7 Å². The normalized spacial score (nSPS) is 23.4. The Morgan fingerprint density at radius 1 is 1.00 bits per heavy atom. The molecule has 0 spiro atoms. The van der Waals surface area contributed by atoms with Gasteiger partial charge in [-0.3, -0.25) is 0 Å². The Balaban J connectivity index is 1.62. The van der Waals surface area contributed by atoms with Crippen LogP contribution in [0.4, 0.5) is 0 Å². The fraction of sp³-hybridized carbons (Fsp3) is 0.611. The zero-order valence-corrected chi connectivity index (χ0v) is 28.0. The predicted octanol–water partition coefficient (Wildman–Crippen LogP) is 7.06. The van der Waals surface area contributed by atoms with Gasteiger partial charge in [-0.1, -0.05) is 86.7 Å². The van der Waals surface area contributed by atoms with Gasteiger partial charge in [0.1, 0.15) is 7.14 Å². The number of aliphatic hydroxyl groups is 1. The molecule has 1 N–H and O–H groups in total. The van der Waals surface area contributed by atoms with Gasteiger partial charge in [0.2, 0.25) is 0 Å². The summed E-state index contributed by atoms with van der Waals surface area (Å²) in [6.07, 6.45) is 4.88. The van der Waals surface area contributed by atoms with Crippen molar-refractivity contribution in [3.63, 3.8) is 0 Å². The number of benzene rings is 2. The molecule has 0 aromatic heterocycles. The van der Waals surface area contributed by atoms with E-state index in [2.05, 4.69) is 20.4 Å². The number of rotatable bonds is 16. The highest BCUT2D eigenvalue weighted by Crippen LogP contribution is 2.59. The van der Waals surface area contributed by atoms with Gasteiger partial charge in [-0.05, 0) is 63.2 Å². The van der Waals surface area contributed by atoms with Crippen LogP contribution in [0.2, 0.25) is 0 Å². The van der Waals surface area contributed by atoms with Crippen LogP contribution in [0.3, 0.4) is 0 Å². The summed E-state index contributed by atoms with van der Waals surface area (Å²) in [5, 5.41) is 14.0. The highest BCUT2D eigenvalue weighted by molar-refractivity contribution is 7.79. The highest BCUT2D eigenvalue weighted by Gasteiger charge is 2.51. The Kier molecular flexibility index (Phi) is 11.2. The molecule has 1 saturated heterocycles. The summed E-state index contributed by atoms with van der Waals surface area (Å²) in [5.41, 5.74) is -0.362. The first-order valence-corrected chi connectivity index (χ1v) is 17.6. The smallest absolute Gasteiger partial charge is 0.165 e. The zero-order valence-electron chi connectivity index (χ0n) is 27.1. The third-order valence-corrected chi connectivity index (χ3v) is 14.0. The minimum Gasteiger partial charge on any atom is -0.389 e. The van der Waals surface area contributed by atoms with Crippen LogP contribution in [0.5, 0.6) is 0 Å². The van der Waals surface area contributed by atoms with E-state index in [1.54, 1.807) is 14.2 Å². The summed E-state index contributed by atoms with van der Waals surface area (Å²) in [4.78, 5) is 0. The largest absolute Gasteiger partial charge is 0.389 e. The van der Waals surface area contributed by atoms with Crippen molar-refractivity contribution in [3.8, 4) is 0 Å². The molecular weight excluding hydrogens is 559 g/mol. The summed E-state index contributed by atoms with van der Waals surface area (Å²) in [5.74, 6) is 0.0172. The molecule has 0 radical (unpaired) electrons.